The predicted octanol–water partition coefficient (Wildman–Crippen LogP) is 12.2. The minimum atomic E-state index is 0.856. The van der Waals surface area contributed by atoms with Crippen LogP contribution >= 0.6 is 0 Å². The van der Waals surface area contributed by atoms with E-state index in [1.54, 1.807) is 0 Å². The average molecular weight is 663 g/mol. The van der Waals surface area contributed by atoms with E-state index in [0.717, 1.165) is 99.8 Å². The van der Waals surface area contributed by atoms with Crippen molar-refractivity contribution in [2.45, 2.75) is 0 Å². The van der Waals surface area contributed by atoms with E-state index in [4.69, 9.17) is 19.9 Å². The molecule has 0 radical (unpaired) electrons. The topological polar surface area (TPSA) is 51.6 Å². The Labute approximate surface area is 300 Å². The van der Waals surface area contributed by atoms with Crippen molar-refractivity contribution in [2.75, 3.05) is 0 Å². The Balaban J connectivity index is 1.11. The summed E-state index contributed by atoms with van der Waals surface area (Å²) in [6.45, 7) is 0. The predicted molar refractivity (Wildman–Crippen MR) is 215 cm³/mol. The SMILES string of the molecule is c1ccc(-c2ccc3ccc4ccc(-c5ccc(-c6ccc7nc(-c8ccccc8)c(-c8ccccc8)nc7c6)c6ccccc56)nc4c3n2)cc1. The molecule has 7 aromatic carbocycles. The second-order valence-corrected chi connectivity index (χ2v) is 13.0. The number of pyridine rings is 2. The summed E-state index contributed by atoms with van der Waals surface area (Å²) in [7, 11) is 0. The average Bonchev–Trinajstić information content (AvgIpc) is 3.23. The molecule has 0 amide bonds. The Bertz CT molecular complexity index is 2940. The number of fused-ring (bicyclic) bond motifs is 5. The van der Waals surface area contributed by atoms with Crippen LogP contribution in [0.5, 0.6) is 0 Å². The lowest BCUT2D eigenvalue weighted by atomic mass is 9.93. The summed E-state index contributed by atoms with van der Waals surface area (Å²) in [5.74, 6) is 0. The van der Waals surface area contributed by atoms with Gasteiger partial charge in [-0.15, -0.1) is 0 Å². The van der Waals surface area contributed by atoms with Crippen LogP contribution in [0.3, 0.4) is 0 Å². The Morgan fingerprint density at radius 3 is 1.40 bits per heavy atom. The van der Waals surface area contributed by atoms with Crippen molar-refractivity contribution >= 4 is 43.6 Å². The van der Waals surface area contributed by atoms with Crippen LogP contribution in [0.2, 0.25) is 0 Å². The number of hydrogen-bond donors (Lipinski definition) is 0. The molecule has 10 aromatic rings. The van der Waals surface area contributed by atoms with Gasteiger partial charge in [-0.2, -0.15) is 0 Å². The van der Waals surface area contributed by atoms with Crippen molar-refractivity contribution in [2.24, 2.45) is 0 Å². The lowest BCUT2D eigenvalue weighted by Crippen LogP contribution is -1.96. The molecule has 0 aliphatic rings. The summed E-state index contributed by atoms with van der Waals surface area (Å²) in [6, 6.07) is 63.1. The molecule has 4 heteroatoms. The second-order valence-electron chi connectivity index (χ2n) is 13.0. The van der Waals surface area contributed by atoms with Gasteiger partial charge in [0.1, 0.15) is 0 Å². The van der Waals surface area contributed by atoms with Gasteiger partial charge in [0.15, 0.2) is 0 Å². The largest absolute Gasteiger partial charge is 0.245 e. The minimum absolute atomic E-state index is 0.856. The highest BCUT2D eigenvalue weighted by atomic mass is 14.8. The standard InChI is InChI=1S/C48H30N4/c1-4-12-31(13-5-1)41-27-22-34-20-21-35-23-28-42(50-48(35)47(34)49-41)40-26-25-37(38-18-10-11-19-39(38)40)36-24-29-43-44(30-36)52-46(33-16-8-3-9-17-33)45(51-43)32-14-6-2-7-15-32/h1-30H. The first-order chi connectivity index (χ1) is 25.8. The summed E-state index contributed by atoms with van der Waals surface area (Å²) in [5, 5.41) is 4.43. The molecule has 0 atom stereocenters. The molecule has 0 N–H and O–H groups in total. The van der Waals surface area contributed by atoms with Crippen molar-refractivity contribution in [1.82, 2.24) is 19.9 Å². The van der Waals surface area contributed by atoms with Gasteiger partial charge < -0.3 is 0 Å². The fourth-order valence-corrected chi connectivity index (χ4v) is 7.28. The van der Waals surface area contributed by atoms with Crippen molar-refractivity contribution in [3.05, 3.63) is 182 Å². The molecule has 0 saturated heterocycles. The molecule has 0 unspecified atom stereocenters. The van der Waals surface area contributed by atoms with Gasteiger partial charge in [0, 0.05) is 33.0 Å². The summed E-state index contributed by atoms with van der Waals surface area (Å²) < 4.78 is 0. The molecule has 0 aliphatic heterocycles. The van der Waals surface area contributed by atoms with Gasteiger partial charge in [0.05, 0.1) is 44.8 Å². The Hall–Kier alpha value is -7.04. The maximum absolute atomic E-state index is 5.29. The highest BCUT2D eigenvalue weighted by Crippen LogP contribution is 2.38. The molecule has 3 heterocycles. The Morgan fingerprint density at radius 2 is 0.769 bits per heavy atom. The molecule has 0 bridgehead atoms. The van der Waals surface area contributed by atoms with E-state index in [1.165, 1.54) is 0 Å². The second kappa shape index (κ2) is 12.4. The van der Waals surface area contributed by atoms with Crippen LogP contribution < -0.4 is 0 Å². The summed E-state index contributed by atoms with van der Waals surface area (Å²) in [6.07, 6.45) is 0. The number of rotatable bonds is 5. The van der Waals surface area contributed by atoms with Crippen LogP contribution in [-0.4, -0.2) is 19.9 Å². The normalized spacial score (nSPS) is 11.5. The Morgan fingerprint density at radius 1 is 0.288 bits per heavy atom. The highest BCUT2D eigenvalue weighted by Gasteiger charge is 2.16. The van der Waals surface area contributed by atoms with Crippen LogP contribution in [0.25, 0.3) is 99.8 Å². The zero-order valence-electron chi connectivity index (χ0n) is 28.1. The third kappa shape index (κ3) is 5.17. The Kier molecular flexibility index (Phi) is 7.10. The lowest BCUT2D eigenvalue weighted by Gasteiger charge is -2.14. The summed E-state index contributed by atoms with van der Waals surface area (Å²) >= 11 is 0. The molecular formula is C48H30N4. The molecule has 10 rings (SSSR count). The van der Waals surface area contributed by atoms with E-state index in [-0.39, 0.29) is 0 Å². The number of hydrogen-bond acceptors (Lipinski definition) is 4. The van der Waals surface area contributed by atoms with Crippen molar-refractivity contribution in [3.8, 4) is 56.2 Å². The van der Waals surface area contributed by atoms with E-state index in [1.807, 2.05) is 54.6 Å². The van der Waals surface area contributed by atoms with E-state index in [0.29, 0.717) is 0 Å². The van der Waals surface area contributed by atoms with Crippen LogP contribution in [-0.2, 0) is 0 Å². The molecular weight excluding hydrogens is 633 g/mol. The lowest BCUT2D eigenvalue weighted by molar-refractivity contribution is 1.29. The van der Waals surface area contributed by atoms with Gasteiger partial charge in [-0.25, -0.2) is 19.9 Å². The summed E-state index contributed by atoms with van der Waals surface area (Å²) in [4.78, 5) is 20.8. The molecule has 52 heavy (non-hydrogen) atoms. The molecule has 3 aromatic heterocycles. The summed E-state index contributed by atoms with van der Waals surface area (Å²) in [5.41, 5.74) is 13.6. The molecule has 0 saturated carbocycles. The molecule has 242 valence electrons. The first kappa shape index (κ1) is 29.8. The molecule has 0 aliphatic carbocycles. The van der Waals surface area contributed by atoms with Gasteiger partial charge in [0.2, 0.25) is 0 Å². The van der Waals surface area contributed by atoms with Crippen LogP contribution in [0.4, 0.5) is 0 Å². The van der Waals surface area contributed by atoms with Crippen LogP contribution in [0, 0.1) is 0 Å². The maximum atomic E-state index is 5.29. The monoisotopic (exact) mass is 662 g/mol. The van der Waals surface area contributed by atoms with Gasteiger partial charge in [-0.3, -0.25) is 0 Å². The first-order valence-corrected chi connectivity index (χ1v) is 17.5. The van der Waals surface area contributed by atoms with E-state index >= 15 is 0 Å². The number of aromatic nitrogens is 4. The van der Waals surface area contributed by atoms with Gasteiger partial charge in [-0.05, 0) is 46.2 Å². The van der Waals surface area contributed by atoms with Gasteiger partial charge in [0.25, 0.3) is 0 Å². The van der Waals surface area contributed by atoms with Gasteiger partial charge in [-0.1, -0.05) is 158 Å². The molecule has 4 nitrogen and oxygen atoms in total. The fraction of sp³-hybridized carbons (Fsp3) is 0. The molecule has 0 fully saturated rings. The van der Waals surface area contributed by atoms with Crippen molar-refractivity contribution in [1.29, 1.82) is 0 Å². The zero-order chi connectivity index (χ0) is 34.4. The third-order valence-electron chi connectivity index (χ3n) is 9.86. The zero-order valence-corrected chi connectivity index (χ0v) is 28.1. The van der Waals surface area contributed by atoms with Crippen LogP contribution in [0.1, 0.15) is 0 Å². The van der Waals surface area contributed by atoms with Crippen LogP contribution in [0.15, 0.2) is 182 Å². The van der Waals surface area contributed by atoms with Crippen molar-refractivity contribution in [3.63, 3.8) is 0 Å². The minimum Gasteiger partial charge on any atom is -0.245 e. The highest BCUT2D eigenvalue weighted by molar-refractivity contribution is 6.08. The van der Waals surface area contributed by atoms with Crippen molar-refractivity contribution < 1.29 is 0 Å². The number of benzene rings is 7. The fourth-order valence-electron chi connectivity index (χ4n) is 7.28. The van der Waals surface area contributed by atoms with E-state index < -0.39 is 0 Å². The first-order valence-electron chi connectivity index (χ1n) is 17.5. The molecule has 0 spiro atoms. The smallest absolute Gasteiger partial charge is 0.0973 e. The van der Waals surface area contributed by atoms with E-state index in [2.05, 4.69) is 127 Å². The third-order valence-corrected chi connectivity index (χ3v) is 9.86. The van der Waals surface area contributed by atoms with Gasteiger partial charge >= 0.3 is 0 Å². The quantitative estimate of drug-likeness (QED) is 0.172. The number of nitrogens with zero attached hydrogens (tertiary/aromatic N) is 4. The maximum Gasteiger partial charge on any atom is 0.0973 e. The van der Waals surface area contributed by atoms with E-state index in [9.17, 15) is 0 Å².